The molecule has 2 aliphatic rings. The molecular weight excluding hydrogens is 134 g/mol. The van der Waals surface area contributed by atoms with Gasteiger partial charge in [-0.2, -0.15) is 0 Å². The van der Waals surface area contributed by atoms with Gasteiger partial charge in [-0.05, 0) is 32.1 Å². The van der Waals surface area contributed by atoms with Crippen molar-refractivity contribution in [2.24, 2.45) is 0 Å². The zero-order valence-corrected chi connectivity index (χ0v) is 7.34. The standard InChI is InChI=1S/C10H17N/c1-11-9-5-2-3-6-10(11)8-4-7-9/h7,10H,2-6,8H2,1H3. The maximum Gasteiger partial charge on any atom is 0.0286 e. The van der Waals surface area contributed by atoms with Crippen LogP contribution in [0.3, 0.4) is 0 Å². The number of hydrogen-bond donors (Lipinski definition) is 0. The minimum absolute atomic E-state index is 0.873. The lowest BCUT2D eigenvalue weighted by Crippen LogP contribution is -2.31. The van der Waals surface area contributed by atoms with Crippen LogP contribution in [0.1, 0.15) is 38.5 Å². The van der Waals surface area contributed by atoms with Crippen LogP contribution in [0.4, 0.5) is 0 Å². The van der Waals surface area contributed by atoms with Gasteiger partial charge in [0.25, 0.3) is 0 Å². The van der Waals surface area contributed by atoms with E-state index >= 15 is 0 Å². The summed E-state index contributed by atoms with van der Waals surface area (Å²) in [6, 6.07) is 0.873. The average Bonchev–Trinajstić information content (AvgIpc) is 2.17. The van der Waals surface area contributed by atoms with Crippen molar-refractivity contribution in [3.05, 3.63) is 11.8 Å². The van der Waals surface area contributed by atoms with Gasteiger partial charge < -0.3 is 4.90 Å². The smallest absolute Gasteiger partial charge is 0.0286 e. The zero-order chi connectivity index (χ0) is 7.68. The molecule has 1 fully saturated rings. The van der Waals surface area contributed by atoms with Gasteiger partial charge in [0.15, 0.2) is 0 Å². The summed E-state index contributed by atoms with van der Waals surface area (Å²) in [5.74, 6) is 0. The molecule has 2 aliphatic heterocycles. The summed E-state index contributed by atoms with van der Waals surface area (Å²) < 4.78 is 0. The van der Waals surface area contributed by atoms with Crippen molar-refractivity contribution in [1.29, 1.82) is 0 Å². The van der Waals surface area contributed by atoms with Crippen molar-refractivity contribution in [2.45, 2.75) is 44.6 Å². The van der Waals surface area contributed by atoms with E-state index in [9.17, 15) is 0 Å². The molecule has 0 spiro atoms. The topological polar surface area (TPSA) is 3.24 Å². The largest absolute Gasteiger partial charge is 0.375 e. The molecule has 1 saturated heterocycles. The van der Waals surface area contributed by atoms with Crippen molar-refractivity contribution >= 4 is 0 Å². The van der Waals surface area contributed by atoms with E-state index in [4.69, 9.17) is 0 Å². The molecule has 62 valence electrons. The predicted octanol–water partition coefficient (Wildman–Crippen LogP) is 2.54. The van der Waals surface area contributed by atoms with Crippen LogP contribution in [0, 0.1) is 0 Å². The van der Waals surface area contributed by atoms with Gasteiger partial charge in [0.1, 0.15) is 0 Å². The molecule has 2 heterocycles. The van der Waals surface area contributed by atoms with Crippen molar-refractivity contribution < 1.29 is 0 Å². The zero-order valence-electron chi connectivity index (χ0n) is 7.34. The van der Waals surface area contributed by atoms with E-state index in [1.54, 1.807) is 5.70 Å². The molecule has 0 aromatic carbocycles. The maximum atomic E-state index is 2.51. The molecule has 2 rings (SSSR count). The second kappa shape index (κ2) is 2.88. The van der Waals surface area contributed by atoms with Gasteiger partial charge in [-0.3, -0.25) is 0 Å². The van der Waals surface area contributed by atoms with Crippen LogP contribution in [0.15, 0.2) is 11.8 Å². The summed E-state index contributed by atoms with van der Waals surface area (Å²) in [6.07, 6.45) is 10.7. The van der Waals surface area contributed by atoms with Gasteiger partial charge in [0, 0.05) is 18.8 Å². The fourth-order valence-electron chi connectivity index (χ4n) is 2.32. The van der Waals surface area contributed by atoms with Gasteiger partial charge >= 0.3 is 0 Å². The van der Waals surface area contributed by atoms with E-state index in [2.05, 4.69) is 18.0 Å². The molecule has 1 atom stereocenters. The third kappa shape index (κ3) is 1.29. The van der Waals surface area contributed by atoms with Crippen LogP contribution in [0.5, 0.6) is 0 Å². The van der Waals surface area contributed by atoms with Crippen LogP contribution in [-0.4, -0.2) is 18.0 Å². The molecule has 0 radical (unpaired) electrons. The predicted molar refractivity (Wildman–Crippen MR) is 47.3 cm³/mol. The molecule has 1 unspecified atom stereocenters. The van der Waals surface area contributed by atoms with Crippen LogP contribution >= 0.6 is 0 Å². The highest BCUT2D eigenvalue weighted by atomic mass is 15.1. The number of rotatable bonds is 0. The van der Waals surface area contributed by atoms with Crippen LogP contribution in [-0.2, 0) is 0 Å². The van der Waals surface area contributed by atoms with E-state index in [1.165, 1.54) is 38.5 Å². The van der Waals surface area contributed by atoms with E-state index in [1.807, 2.05) is 0 Å². The van der Waals surface area contributed by atoms with Crippen LogP contribution < -0.4 is 0 Å². The van der Waals surface area contributed by atoms with Crippen LogP contribution in [0.2, 0.25) is 0 Å². The molecule has 0 aromatic rings. The van der Waals surface area contributed by atoms with Crippen molar-refractivity contribution in [2.75, 3.05) is 7.05 Å². The number of nitrogens with zero attached hydrogens (tertiary/aromatic N) is 1. The van der Waals surface area contributed by atoms with Gasteiger partial charge in [-0.15, -0.1) is 0 Å². The lowest BCUT2D eigenvalue weighted by molar-refractivity contribution is 0.265. The highest BCUT2D eigenvalue weighted by Gasteiger charge is 2.22. The Labute approximate surface area is 69.1 Å². The Balaban J connectivity index is 2.18. The summed E-state index contributed by atoms with van der Waals surface area (Å²) in [5, 5.41) is 0. The minimum atomic E-state index is 0.873. The fraction of sp³-hybridized carbons (Fsp3) is 0.800. The Morgan fingerprint density at radius 2 is 2.27 bits per heavy atom. The normalized spacial score (nSPS) is 31.2. The number of hydrogen-bond acceptors (Lipinski definition) is 1. The first-order chi connectivity index (χ1) is 5.38. The van der Waals surface area contributed by atoms with Gasteiger partial charge in [-0.1, -0.05) is 12.5 Å². The summed E-state index contributed by atoms with van der Waals surface area (Å²) in [7, 11) is 2.26. The summed E-state index contributed by atoms with van der Waals surface area (Å²) >= 11 is 0. The maximum absolute atomic E-state index is 2.51. The van der Waals surface area contributed by atoms with E-state index in [0.717, 1.165) is 6.04 Å². The number of allylic oxidation sites excluding steroid dienone is 2. The summed E-state index contributed by atoms with van der Waals surface area (Å²) in [5.41, 5.74) is 1.61. The molecule has 1 heteroatoms. The summed E-state index contributed by atoms with van der Waals surface area (Å²) in [4.78, 5) is 2.51. The minimum Gasteiger partial charge on any atom is -0.375 e. The molecule has 0 aromatic heterocycles. The van der Waals surface area contributed by atoms with E-state index in [-0.39, 0.29) is 0 Å². The van der Waals surface area contributed by atoms with Crippen LogP contribution in [0.25, 0.3) is 0 Å². The monoisotopic (exact) mass is 151 g/mol. The molecule has 0 saturated carbocycles. The summed E-state index contributed by atoms with van der Waals surface area (Å²) in [6.45, 7) is 0. The molecule has 2 bridgehead atoms. The lowest BCUT2D eigenvalue weighted by Gasteiger charge is -2.33. The Morgan fingerprint density at radius 3 is 3.18 bits per heavy atom. The molecule has 11 heavy (non-hydrogen) atoms. The lowest BCUT2D eigenvalue weighted by atomic mass is 10.0. The third-order valence-electron chi connectivity index (χ3n) is 3.10. The molecule has 0 N–H and O–H groups in total. The highest BCUT2D eigenvalue weighted by molar-refractivity contribution is 5.07. The first-order valence-corrected chi connectivity index (χ1v) is 4.80. The second-order valence-electron chi connectivity index (χ2n) is 3.78. The first-order valence-electron chi connectivity index (χ1n) is 4.80. The average molecular weight is 151 g/mol. The Morgan fingerprint density at radius 1 is 1.36 bits per heavy atom. The van der Waals surface area contributed by atoms with Gasteiger partial charge in [0.05, 0.1) is 0 Å². The highest BCUT2D eigenvalue weighted by Crippen LogP contribution is 2.29. The molecule has 0 amide bonds. The second-order valence-corrected chi connectivity index (χ2v) is 3.78. The third-order valence-corrected chi connectivity index (χ3v) is 3.10. The molecular formula is C10H17N. The van der Waals surface area contributed by atoms with Crippen molar-refractivity contribution in [1.82, 2.24) is 4.90 Å². The van der Waals surface area contributed by atoms with Gasteiger partial charge in [0.2, 0.25) is 0 Å². The molecule has 0 aliphatic carbocycles. The number of fused-ring (bicyclic) bond motifs is 2. The Bertz CT molecular complexity index is 172. The molecule has 1 nitrogen and oxygen atoms in total. The van der Waals surface area contributed by atoms with Crippen molar-refractivity contribution in [3.8, 4) is 0 Å². The van der Waals surface area contributed by atoms with Crippen molar-refractivity contribution in [3.63, 3.8) is 0 Å². The first kappa shape index (κ1) is 7.20. The van der Waals surface area contributed by atoms with E-state index < -0.39 is 0 Å². The fourth-order valence-corrected chi connectivity index (χ4v) is 2.32. The van der Waals surface area contributed by atoms with Gasteiger partial charge in [-0.25, -0.2) is 0 Å². The quantitative estimate of drug-likeness (QED) is 0.514. The SMILES string of the molecule is CN1C2=CCCC1CCCC2. The van der Waals surface area contributed by atoms with E-state index in [0.29, 0.717) is 0 Å². The Hall–Kier alpha value is -0.460. The Kier molecular flexibility index (Phi) is 1.89.